The molecule has 1 aromatic carbocycles. The number of rotatable bonds is 5. The quantitative estimate of drug-likeness (QED) is 0.890. The summed E-state index contributed by atoms with van der Waals surface area (Å²) in [6, 6.07) is 12.7. The maximum Gasteiger partial charge on any atom is 0.0564 e. The second-order valence-electron chi connectivity index (χ2n) is 4.95. The molecule has 0 unspecified atom stereocenters. The van der Waals surface area contributed by atoms with Gasteiger partial charge in [-0.25, -0.2) is 0 Å². The van der Waals surface area contributed by atoms with Crippen LogP contribution in [0.4, 0.5) is 5.69 Å². The third-order valence-electron chi connectivity index (χ3n) is 3.07. The highest BCUT2D eigenvalue weighted by atomic mass is 15.1. The van der Waals surface area contributed by atoms with E-state index in [4.69, 9.17) is 0 Å². The minimum absolute atomic E-state index is 0.851. The van der Waals surface area contributed by atoms with Crippen LogP contribution in [0.5, 0.6) is 0 Å². The Kier molecular flexibility index (Phi) is 4.53. The van der Waals surface area contributed by atoms with Gasteiger partial charge in [-0.1, -0.05) is 29.8 Å². The van der Waals surface area contributed by atoms with E-state index in [0.29, 0.717) is 0 Å². The van der Waals surface area contributed by atoms with Crippen molar-refractivity contribution in [3.8, 4) is 0 Å². The Morgan fingerprint density at radius 3 is 2.74 bits per heavy atom. The van der Waals surface area contributed by atoms with Crippen molar-refractivity contribution >= 4 is 5.69 Å². The number of anilines is 1. The van der Waals surface area contributed by atoms with Crippen molar-refractivity contribution in [3.05, 3.63) is 59.4 Å². The van der Waals surface area contributed by atoms with Crippen molar-refractivity contribution in [2.45, 2.75) is 20.0 Å². The minimum atomic E-state index is 0.851. The first-order chi connectivity index (χ1) is 9.17. The van der Waals surface area contributed by atoms with Crippen LogP contribution in [0.25, 0.3) is 0 Å². The van der Waals surface area contributed by atoms with Gasteiger partial charge < -0.3 is 5.32 Å². The van der Waals surface area contributed by atoms with Crippen LogP contribution in [0.1, 0.15) is 16.8 Å². The van der Waals surface area contributed by atoms with Gasteiger partial charge in [0.05, 0.1) is 5.69 Å². The number of nitrogens with one attached hydrogen (secondary N) is 1. The maximum atomic E-state index is 4.40. The molecule has 0 saturated heterocycles. The first-order valence-corrected chi connectivity index (χ1v) is 6.54. The third kappa shape index (κ3) is 4.07. The molecular weight excluding hydrogens is 234 g/mol. The Morgan fingerprint density at radius 1 is 1.16 bits per heavy atom. The van der Waals surface area contributed by atoms with E-state index in [1.54, 1.807) is 0 Å². The molecule has 3 heteroatoms. The molecule has 1 heterocycles. The van der Waals surface area contributed by atoms with E-state index in [1.165, 1.54) is 11.1 Å². The number of pyridine rings is 1. The standard InChI is InChI=1S/C16H21N3/c1-13-5-4-6-14(9-13)11-19(3)12-16-10-15(17-2)7-8-18-16/h4-10H,11-12H2,1-3H3,(H,17,18). The molecule has 3 nitrogen and oxygen atoms in total. The number of benzene rings is 1. The Labute approximate surface area is 115 Å². The molecular formula is C16H21N3. The van der Waals surface area contributed by atoms with E-state index >= 15 is 0 Å². The fraction of sp³-hybridized carbons (Fsp3) is 0.312. The molecule has 1 aromatic heterocycles. The summed E-state index contributed by atoms with van der Waals surface area (Å²) >= 11 is 0. The van der Waals surface area contributed by atoms with Crippen LogP contribution in [0.2, 0.25) is 0 Å². The van der Waals surface area contributed by atoms with Crippen LogP contribution < -0.4 is 5.32 Å². The van der Waals surface area contributed by atoms with E-state index in [-0.39, 0.29) is 0 Å². The van der Waals surface area contributed by atoms with Crippen LogP contribution in [-0.2, 0) is 13.1 Å². The van der Waals surface area contributed by atoms with Gasteiger partial charge in [0.25, 0.3) is 0 Å². The Morgan fingerprint density at radius 2 is 2.00 bits per heavy atom. The predicted molar refractivity (Wildman–Crippen MR) is 80.1 cm³/mol. The fourth-order valence-corrected chi connectivity index (χ4v) is 2.17. The van der Waals surface area contributed by atoms with E-state index in [2.05, 4.69) is 59.5 Å². The molecule has 0 aliphatic rings. The molecule has 0 aliphatic heterocycles. The van der Waals surface area contributed by atoms with E-state index in [1.807, 2.05) is 19.3 Å². The average molecular weight is 255 g/mol. The highest BCUT2D eigenvalue weighted by Crippen LogP contribution is 2.11. The lowest BCUT2D eigenvalue weighted by atomic mass is 10.1. The summed E-state index contributed by atoms with van der Waals surface area (Å²) < 4.78 is 0. The molecule has 19 heavy (non-hydrogen) atoms. The van der Waals surface area contributed by atoms with Gasteiger partial charge in [-0.15, -0.1) is 0 Å². The first-order valence-electron chi connectivity index (χ1n) is 6.54. The molecule has 0 spiro atoms. The van der Waals surface area contributed by atoms with Gasteiger partial charge in [-0.05, 0) is 31.7 Å². The number of nitrogens with zero attached hydrogens (tertiary/aromatic N) is 2. The summed E-state index contributed by atoms with van der Waals surface area (Å²) in [4.78, 5) is 6.68. The molecule has 1 N–H and O–H groups in total. The van der Waals surface area contributed by atoms with Crippen LogP contribution in [0.3, 0.4) is 0 Å². The van der Waals surface area contributed by atoms with E-state index < -0.39 is 0 Å². The van der Waals surface area contributed by atoms with Crippen molar-refractivity contribution in [3.63, 3.8) is 0 Å². The monoisotopic (exact) mass is 255 g/mol. The third-order valence-corrected chi connectivity index (χ3v) is 3.07. The lowest BCUT2D eigenvalue weighted by Crippen LogP contribution is -2.18. The number of aromatic nitrogens is 1. The van der Waals surface area contributed by atoms with Crippen LogP contribution in [-0.4, -0.2) is 24.0 Å². The second kappa shape index (κ2) is 6.34. The number of aryl methyl sites for hydroxylation is 1. The second-order valence-corrected chi connectivity index (χ2v) is 4.95. The van der Waals surface area contributed by atoms with E-state index in [9.17, 15) is 0 Å². The summed E-state index contributed by atoms with van der Waals surface area (Å²) in [6.07, 6.45) is 1.85. The summed E-state index contributed by atoms with van der Waals surface area (Å²) in [5.41, 5.74) is 4.84. The van der Waals surface area contributed by atoms with Gasteiger partial charge in [-0.3, -0.25) is 9.88 Å². The first kappa shape index (κ1) is 13.6. The Bertz CT molecular complexity index is 537. The van der Waals surface area contributed by atoms with Crippen molar-refractivity contribution in [1.82, 2.24) is 9.88 Å². The smallest absolute Gasteiger partial charge is 0.0564 e. The summed E-state index contributed by atoms with van der Waals surface area (Å²) in [6.45, 7) is 3.91. The molecule has 0 atom stereocenters. The van der Waals surface area contributed by atoms with Gasteiger partial charge in [0, 0.05) is 32.0 Å². The van der Waals surface area contributed by atoms with Crippen molar-refractivity contribution in [2.24, 2.45) is 0 Å². The van der Waals surface area contributed by atoms with Crippen molar-refractivity contribution in [1.29, 1.82) is 0 Å². The lowest BCUT2D eigenvalue weighted by molar-refractivity contribution is 0.315. The number of hydrogen-bond donors (Lipinski definition) is 1. The van der Waals surface area contributed by atoms with Gasteiger partial charge in [0.15, 0.2) is 0 Å². The molecule has 0 aliphatic carbocycles. The SMILES string of the molecule is CNc1ccnc(CN(C)Cc2cccc(C)c2)c1. The van der Waals surface area contributed by atoms with Gasteiger partial charge >= 0.3 is 0 Å². The molecule has 0 saturated carbocycles. The topological polar surface area (TPSA) is 28.2 Å². The highest BCUT2D eigenvalue weighted by molar-refractivity contribution is 5.42. The molecule has 2 aromatic rings. The Hall–Kier alpha value is -1.87. The lowest BCUT2D eigenvalue weighted by Gasteiger charge is -2.17. The molecule has 0 radical (unpaired) electrons. The highest BCUT2D eigenvalue weighted by Gasteiger charge is 2.03. The zero-order valence-corrected chi connectivity index (χ0v) is 11.9. The molecule has 0 amide bonds. The minimum Gasteiger partial charge on any atom is -0.388 e. The zero-order valence-electron chi connectivity index (χ0n) is 11.9. The molecule has 2 rings (SSSR count). The Balaban J connectivity index is 1.98. The predicted octanol–water partition coefficient (Wildman–Crippen LogP) is 3.06. The zero-order chi connectivity index (χ0) is 13.7. The molecule has 100 valence electrons. The van der Waals surface area contributed by atoms with Gasteiger partial charge in [0.1, 0.15) is 0 Å². The molecule has 0 fully saturated rings. The molecule has 0 bridgehead atoms. The van der Waals surface area contributed by atoms with Crippen LogP contribution in [0.15, 0.2) is 42.6 Å². The summed E-state index contributed by atoms with van der Waals surface area (Å²) in [7, 11) is 4.05. The normalized spacial score (nSPS) is 10.7. The summed E-state index contributed by atoms with van der Waals surface area (Å²) in [5, 5.41) is 3.14. The maximum absolute atomic E-state index is 4.40. The summed E-state index contributed by atoms with van der Waals surface area (Å²) in [5.74, 6) is 0. The number of hydrogen-bond acceptors (Lipinski definition) is 3. The van der Waals surface area contributed by atoms with Crippen LogP contribution in [0, 0.1) is 6.92 Å². The van der Waals surface area contributed by atoms with Gasteiger partial charge in [0.2, 0.25) is 0 Å². The van der Waals surface area contributed by atoms with E-state index in [0.717, 1.165) is 24.5 Å². The van der Waals surface area contributed by atoms with Crippen molar-refractivity contribution in [2.75, 3.05) is 19.4 Å². The van der Waals surface area contributed by atoms with Gasteiger partial charge in [-0.2, -0.15) is 0 Å². The fourth-order valence-electron chi connectivity index (χ4n) is 2.17. The van der Waals surface area contributed by atoms with Crippen molar-refractivity contribution < 1.29 is 0 Å². The average Bonchev–Trinajstić information content (AvgIpc) is 2.38. The van der Waals surface area contributed by atoms with Crippen LogP contribution >= 0.6 is 0 Å². The largest absolute Gasteiger partial charge is 0.388 e.